The zero-order valence-electron chi connectivity index (χ0n) is 37.5. The summed E-state index contributed by atoms with van der Waals surface area (Å²) >= 11 is 0. The molecule has 0 nitrogen and oxygen atoms in total. The molecule has 14 rings (SSSR count). The molecule has 0 aromatic heterocycles. The normalized spacial score (nSPS) is 12.9. The average Bonchev–Trinajstić information content (AvgIpc) is 3.42. The molecule has 68 heavy (non-hydrogen) atoms. The second kappa shape index (κ2) is 15.5. The molecule has 12 aromatic rings. The van der Waals surface area contributed by atoms with Crippen LogP contribution in [0.3, 0.4) is 0 Å². The van der Waals surface area contributed by atoms with E-state index in [1.165, 1.54) is 143 Å². The quantitative estimate of drug-likeness (QED) is 0.140. The van der Waals surface area contributed by atoms with Crippen LogP contribution in [0.1, 0.15) is 23.1 Å². The molecule has 0 N–H and O–H groups in total. The third kappa shape index (κ3) is 6.37. The van der Waals surface area contributed by atoms with Gasteiger partial charge in [-0.05, 0) is 186 Å². The molecule has 0 fully saturated rings. The van der Waals surface area contributed by atoms with Crippen LogP contribution in [0.2, 0.25) is 0 Å². The highest BCUT2D eigenvalue weighted by molar-refractivity contribution is 6.25. The molecule has 0 heteroatoms. The van der Waals surface area contributed by atoms with E-state index in [0.29, 0.717) is 0 Å². The van der Waals surface area contributed by atoms with Crippen molar-refractivity contribution < 1.29 is 0 Å². The van der Waals surface area contributed by atoms with Gasteiger partial charge in [0, 0.05) is 0 Å². The second-order valence-electron chi connectivity index (χ2n) is 18.7. The van der Waals surface area contributed by atoms with Crippen LogP contribution in [0.5, 0.6) is 0 Å². The van der Waals surface area contributed by atoms with Gasteiger partial charge in [0.05, 0.1) is 0 Å². The Bertz CT molecular complexity index is 4020. The summed E-state index contributed by atoms with van der Waals surface area (Å²) in [6.07, 6.45) is 9.06. The van der Waals surface area contributed by atoms with E-state index in [-0.39, 0.29) is 0 Å². The van der Waals surface area contributed by atoms with E-state index in [1.807, 2.05) is 0 Å². The molecule has 0 radical (unpaired) electrons. The third-order valence-corrected chi connectivity index (χ3v) is 14.8. The van der Waals surface area contributed by atoms with Gasteiger partial charge in [-0.15, -0.1) is 0 Å². The average molecular weight is 861 g/mol. The predicted molar refractivity (Wildman–Crippen MR) is 291 cm³/mol. The standard InChI is InChI=1S/C68H44/c1-2-8-43(9-3-1)58-40-59(46-22-18-44(19-23-46)54-14-6-16-56(38-54)61-34-30-52-28-26-48-10-4-12-50-32-36-63(61)67(52)65(48)50)42-60(41-58)47-24-20-45(21-25-47)55-15-7-17-57(39-55)62-35-31-53-29-27-49-11-5-13-51-33-37-64(62)68(53)66(49)51/h1-10,12-28,30-42H,11,29H2. The first-order valence-corrected chi connectivity index (χ1v) is 23.9. The number of allylic oxidation sites excluding steroid dienone is 3. The minimum absolute atomic E-state index is 1.01. The van der Waals surface area contributed by atoms with Crippen LogP contribution in [0, 0.1) is 0 Å². The molecule has 0 amide bonds. The molecule has 0 atom stereocenters. The van der Waals surface area contributed by atoms with Crippen molar-refractivity contribution in [2.75, 3.05) is 0 Å². The van der Waals surface area contributed by atoms with Gasteiger partial charge in [0.2, 0.25) is 0 Å². The van der Waals surface area contributed by atoms with Crippen LogP contribution >= 0.6 is 0 Å². The fourth-order valence-electron chi connectivity index (χ4n) is 11.5. The summed E-state index contributed by atoms with van der Waals surface area (Å²) in [7, 11) is 0. The van der Waals surface area contributed by atoms with Crippen molar-refractivity contribution in [3.05, 3.63) is 253 Å². The lowest BCUT2D eigenvalue weighted by molar-refractivity contribution is 1.23. The largest absolute Gasteiger partial charge is 0.0795 e. The van der Waals surface area contributed by atoms with Crippen LogP contribution in [0.4, 0.5) is 0 Å². The third-order valence-electron chi connectivity index (χ3n) is 14.8. The topological polar surface area (TPSA) is 0 Å². The van der Waals surface area contributed by atoms with E-state index < -0.39 is 0 Å². The van der Waals surface area contributed by atoms with Gasteiger partial charge in [-0.3, -0.25) is 0 Å². The lowest BCUT2D eigenvalue weighted by Crippen LogP contribution is -2.03. The molecule has 2 aliphatic rings. The number of hydrogen-bond donors (Lipinski definition) is 0. The zero-order chi connectivity index (χ0) is 44.7. The molecule has 316 valence electrons. The van der Waals surface area contributed by atoms with Gasteiger partial charge in [0.15, 0.2) is 0 Å². The highest BCUT2D eigenvalue weighted by atomic mass is 14.3. The Labute approximate surface area is 396 Å². The summed E-state index contributed by atoms with van der Waals surface area (Å²) in [6, 6.07) is 83.8. The van der Waals surface area contributed by atoms with Crippen LogP contribution in [-0.2, 0) is 6.42 Å². The van der Waals surface area contributed by atoms with Crippen LogP contribution in [0.25, 0.3) is 133 Å². The molecule has 0 saturated heterocycles. The first-order valence-electron chi connectivity index (χ1n) is 23.9. The number of hydrogen-bond acceptors (Lipinski definition) is 0. The first kappa shape index (κ1) is 38.7. The van der Waals surface area contributed by atoms with Gasteiger partial charge < -0.3 is 0 Å². The Morgan fingerprint density at radius 1 is 0.279 bits per heavy atom. The van der Waals surface area contributed by atoms with E-state index in [4.69, 9.17) is 0 Å². The van der Waals surface area contributed by atoms with E-state index in [2.05, 4.69) is 243 Å². The molecule has 0 saturated carbocycles. The predicted octanol–water partition coefficient (Wildman–Crippen LogP) is 18.8. The van der Waals surface area contributed by atoms with Crippen molar-refractivity contribution in [2.24, 2.45) is 0 Å². The summed E-state index contributed by atoms with van der Waals surface area (Å²) in [4.78, 5) is 0. The fraction of sp³-hybridized carbons (Fsp3) is 0.0294. The monoisotopic (exact) mass is 860 g/mol. The number of rotatable bonds is 7. The van der Waals surface area contributed by atoms with Gasteiger partial charge in [-0.25, -0.2) is 0 Å². The Balaban J connectivity index is 0.785. The molecule has 0 aliphatic heterocycles. The summed E-state index contributed by atoms with van der Waals surface area (Å²) < 4.78 is 0. The van der Waals surface area contributed by atoms with Crippen molar-refractivity contribution in [3.8, 4) is 77.9 Å². The summed E-state index contributed by atoms with van der Waals surface area (Å²) in [5, 5.41) is 10.7. The molecule has 12 aromatic carbocycles. The van der Waals surface area contributed by atoms with Crippen molar-refractivity contribution >= 4 is 54.7 Å². The maximum absolute atomic E-state index is 2.43. The smallest absolute Gasteiger partial charge is 0.00206 e. The van der Waals surface area contributed by atoms with E-state index >= 15 is 0 Å². The Morgan fingerprint density at radius 2 is 0.735 bits per heavy atom. The Kier molecular flexibility index (Phi) is 8.82. The fourth-order valence-corrected chi connectivity index (χ4v) is 11.5. The molecular weight excluding hydrogens is 817 g/mol. The van der Waals surface area contributed by atoms with Crippen LogP contribution in [0.15, 0.2) is 237 Å². The van der Waals surface area contributed by atoms with Gasteiger partial charge >= 0.3 is 0 Å². The first-order chi connectivity index (χ1) is 33.7. The summed E-state index contributed by atoms with van der Waals surface area (Å²) in [6.45, 7) is 0. The van der Waals surface area contributed by atoms with Crippen molar-refractivity contribution in [3.63, 3.8) is 0 Å². The minimum atomic E-state index is 1.01. The van der Waals surface area contributed by atoms with Gasteiger partial charge in [-0.2, -0.15) is 0 Å². The molecular formula is C68H44. The van der Waals surface area contributed by atoms with Crippen LogP contribution in [-0.4, -0.2) is 0 Å². The molecule has 0 spiro atoms. The maximum atomic E-state index is 2.43. The zero-order valence-corrected chi connectivity index (χ0v) is 37.5. The molecule has 0 bridgehead atoms. The van der Waals surface area contributed by atoms with Gasteiger partial charge in [0.1, 0.15) is 0 Å². The summed E-state index contributed by atoms with van der Waals surface area (Å²) in [5.74, 6) is 0. The maximum Gasteiger partial charge on any atom is -0.00206 e. The minimum Gasteiger partial charge on any atom is -0.0795 e. The lowest BCUT2D eigenvalue weighted by Gasteiger charge is -2.24. The van der Waals surface area contributed by atoms with Crippen molar-refractivity contribution in [1.29, 1.82) is 0 Å². The van der Waals surface area contributed by atoms with E-state index in [9.17, 15) is 0 Å². The second-order valence-corrected chi connectivity index (χ2v) is 18.7. The highest BCUT2D eigenvalue weighted by Crippen LogP contribution is 2.45. The highest BCUT2D eigenvalue weighted by Gasteiger charge is 2.22. The molecule has 0 heterocycles. The van der Waals surface area contributed by atoms with E-state index in [0.717, 1.165) is 12.8 Å². The van der Waals surface area contributed by atoms with Gasteiger partial charge in [-0.1, -0.05) is 212 Å². The SMILES string of the molecule is C1=Cc2ccc3c(-c4cccc(-c5ccc(-c6cc(-c7ccccc7)cc(-c7ccc(-c8cccc(-c9ccc%10ccc%11cccc%12ccc9c%10c%11%12)c8)cc7)c6)cc5)c4)ccc4c3c2C(=CC4)C1. The number of benzene rings is 12. The van der Waals surface area contributed by atoms with Crippen molar-refractivity contribution in [2.45, 2.75) is 12.8 Å². The molecule has 0 unspecified atom stereocenters. The van der Waals surface area contributed by atoms with Crippen LogP contribution < -0.4 is 0 Å². The van der Waals surface area contributed by atoms with Crippen molar-refractivity contribution in [1.82, 2.24) is 0 Å². The van der Waals surface area contributed by atoms with Gasteiger partial charge in [0.25, 0.3) is 0 Å². The van der Waals surface area contributed by atoms with E-state index in [1.54, 1.807) is 0 Å². The Hall–Kier alpha value is -8.58. The summed E-state index contributed by atoms with van der Waals surface area (Å²) in [5.41, 5.74) is 22.8. The molecule has 2 aliphatic carbocycles. The lowest BCUT2D eigenvalue weighted by atomic mass is 9.80. The Morgan fingerprint density at radius 3 is 1.37 bits per heavy atom.